The second-order valence-corrected chi connectivity index (χ2v) is 14.2. The van der Waals surface area contributed by atoms with Crippen molar-refractivity contribution >= 4 is 11.9 Å². The van der Waals surface area contributed by atoms with Gasteiger partial charge in [-0.2, -0.15) is 0 Å². The molecule has 4 fully saturated rings. The van der Waals surface area contributed by atoms with Crippen LogP contribution in [0, 0.1) is 51.2 Å². The molecule has 0 aliphatic heterocycles. The molecule has 198 valence electrons. The molecule has 0 bridgehead atoms. The van der Waals surface area contributed by atoms with Gasteiger partial charge >= 0.3 is 11.9 Å². The third-order valence-corrected chi connectivity index (χ3v) is 12.5. The molecule has 3 N–H and O–H groups in total. The summed E-state index contributed by atoms with van der Waals surface area (Å²) in [5.74, 6) is -0.301. The molecule has 0 aromatic carbocycles. The van der Waals surface area contributed by atoms with E-state index < -0.39 is 23.0 Å². The Kier molecular flexibility index (Phi) is 6.35. The molecule has 5 nitrogen and oxygen atoms in total. The molecule has 0 amide bonds. The summed E-state index contributed by atoms with van der Waals surface area (Å²) < 4.78 is 0. The van der Waals surface area contributed by atoms with Crippen LogP contribution in [0.3, 0.4) is 0 Å². The van der Waals surface area contributed by atoms with Crippen LogP contribution in [-0.2, 0) is 9.59 Å². The summed E-state index contributed by atoms with van der Waals surface area (Å²) in [5.41, 5.74) is -0.666. The van der Waals surface area contributed by atoms with E-state index in [4.69, 9.17) is 0 Å². The van der Waals surface area contributed by atoms with E-state index in [2.05, 4.69) is 34.3 Å². The van der Waals surface area contributed by atoms with E-state index in [9.17, 15) is 24.9 Å². The zero-order valence-electron chi connectivity index (χ0n) is 22.8. The van der Waals surface area contributed by atoms with E-state index in [0.717, 1.165) is 56.9 Å². The standard InChI is InChI=1S/C30H48O5/c1-18(2)19-10-15-30(25(33)34)17-16-28(6)20(24(19)30)8-9-22-27(5,13-12-23(31)32)21(26(3,4)35)11-14-29(22,28)7/h19-22,24,35H,1,8-17H2,2-7H3,(H,31,32)(H,33,34)/t19-,20+,21-,22+,24+,27-,28+,29+,30-/m0/s1. The zero-order valence-corrected chi connectivity index (χ0v) is 22.8. The van der Waals surface area contributed by atoms with E-state index in [-0.39, 0.29) is 40.4 Å². The number of aliphatic carboxylic acids is 2. The minimum atomic E-state index is -0.867. The number of carboxylic acids is 2. The molecular formula is C30H48O5. The Morgan fingerprint density at radius 2 is 1.60 bits per heavy atom. The highest BCUT2D eigenvalue weighted by molar-refractivity contribution is 5.76. The first-order chi connectivity index (χ1) is 16.0. The van der Waals surface area contributed by atoms with Crippen molar-refractivity contribution in [3.8, 4) is 0 Å². The van der Waals surface area contributed by atoms with Crippen molar-refractivity contribution in [1.29, 1.82) is 0 Å². The molecule has 9 atom stereocenters. The lowest BCUT2D eigenvalue weighted by Gasteiger charge is -2.71. The SMILES string of the molecule is C=C(C)[C@@H]1CC[C@]2(C(=O)O)CC[C@]3(C)[C@H](CC[C@@H]4[C@@](C)(CCC(=O)O)[C@H](C(C)(C)O)CC[C@]43C)[C@@H]12. The van der Waals surface area contributed by atoms with Gasteiger partial charge in [0.05, 0.1) is 11.0 Å². The first-order valence-corrected chi connectivity index (χ1v) is 13.9. The van der Waals surface area contributed by atoms with Crippen molar-refractivity contribution in [3.63, 3.8) is 0 Å². The quantitative estimate of drug-likeness (QED) is 0.369. The molecule has 0 heterocycles. The van der Waals surface area contributed by atoms with Crippen LogP contribution in [0.5, 0.6) is 0 Å². The fraction of sp³-hybridized carbons (Fsp3) is 0.867. The van der Waals surface area contributed by atoms with Gasteiger partial charge in [0.25, 0.3) is 0 Å². The van der Waals surface area contributed by atoms with Crippen molar-refractivity contribution in [2.24, 2.45) is 51.2 Å². The maximum Gasteiger partial charge on any atom is 0.309 e. The van der Waals surface area contributed by atoms with Gasteiger partial charge in [0, 0.05) is 6.42 Å². The Bertz CT molecular complexity index is 903. The van der Waals surface area contributed by atoms with Gasteiger partial charge in [-0.15, -0.1) is 0 Å². The number of hydrogen-bond donors (Lipinski definition) is 3. The van der Waals surface area contributed by atoms with Gasteiger partial charge in [0.2, 0.25) is 0 Å². The maximum absolute atomic E-state index is 12.8. The highest BCUT2D eigenvalue weighted by Gasteiger charge is 2.71. The van der Waals surface area contributed by atoms with Gasteiger partial charge in [-0.05, 0) is 124 Å². The molecule has 0 saturated heterocycles. The van der Waals surface area contributed by atoms with Crippen LogP contribution in [0.25, 0.3) is 0 Å². The summed E-state index contributed by atoms with van der Waals surface area (Å²) >= 11 is 0. The number of aliphatic hydroxyl groups is 1. The molecule has 35 heavy (non-hydrogen) atoms. The molecule has 4 rings (SSSR count). The second kappa shape index (κ2) is 8.33. The van der Waals surface area contributed by atoms with Crippen LogP contribution in [0.4, 0.5) is 0 Å². The highest BCUT2D eigenvalue weighted by atomic mass is 16.4. The molecule has 4 aliphatic carbocycles. The van der Waals surface area contributed by atoms with Crippen molar-refractivity contribution < 1.29 is 24.9 Å². The van der Waals surface area contributed by atoms with Crippen LogP contribution in [0.2, 0.25) is 0 Å². The lowest BCUT2D eigenvalue weighted by atomic mass is 9.33. The second-order valence-electron chi connectivity index (χ2n) is 14.2. The minimum Gasteiger partial charge on any atom is -0.481 e. The Labute approximate surface area is 211 Å². The van der Waals surface area contributed by atoms with E-state index in [1.54, 1.807) is 0 Å². The van der Waals surface area contributed by atoms with Crippen LogP contribution >= 0.6 is 0 Å². The Balaban J connectivity index is 1.79. The zero-order chi connectivity index (χ0) is 26.2. The third-order valence-electron chi connectivity index (χ3n) is 12.5. The van der Waals surface area contributed by atoms with Crippen LogP contribution in [0.15, 0.2) is 12.2 Å². The van der Waals surface area contributed by atoms with Crippen molar-refractivity contribution in [3.05, 3.63) is 12.2 Å². The number of allylic oxidation sites excluding steroid dienone is 1. The van der Waals surface area contributed by atoms with Crippen molar-refractivity contribution in [2.45, 2.75) is 111 Å². The number of fused-ring (bicyclic) bond motifs is 5. The largest absolute Gasteiger partial charge is 0.481 e. The monoisotopic (exact) mass is 488 g/mol. The summed E-state index contributed by atoms with van der Waals surface area (Å²) in [6.45, 7) is 17.3. The van der Waals surface area contributed by atoms with Gasteiger partial charge in [-0.1, -0.05) is 32.9 Å². The van der Waals surface area contributed by atoms with Gasteiger partial charge in [0.15, 0.2) is 0 Å². The Morgan fingerprint density at radius 3 is 2.14 bits per heavy atom. The average molecular weight is 489 g/mol. The summed E-state index contributed by atoms with van der Waals surface area (Å²) in [4.78, 5) is 24.4. The Morgan fingerprint density at radius 1 is 0.943 bits per heavy atom. The minimum absolute atomic E-state index is 0.00732. The predicted molar refractivity (Wildman–Crippen MR) is 137 cm³/mol. The number of hydrogen-bond acceptors (Lipinski definition) is 3. The highest BCUT2D eigenvalue weighted by Crippen LogP contribution is 2.76. The molecule has 0 unspecified atom stereocenters. The van der Waals surface area contributed by atoms with Crippen LogP contribution in [-0.4, -0.2) is 32.9 Å². The van der Waals surface area contributed by atoms with Crippen molar-refractivity contribution in [1.82, 2.24) is 0 Å². The number of carboxylic acid groups (broad SMARTS) is 2. The molecule has 0 aromatic rings. The lowest BCUT2D eigenvalue weighted by molar-refractivity contribution is -0.237. The average Bonchev–Trinajstić information content (AvgIpc) is 3.13. The summed E-state index contributed by atoms with van der Waals surface area (Å²) in [6, 6.07) is 0. The van der Waals surface area contributed by atoms with E-state index in [1.165, 1.54) is 0 Å². The first kappa shape index (κ1) is 26.7. The first-order valence-electron chi connectivity index (χ1n) is 13.9. The summed E-state index contributed by atoms with van der Waals surface area (Å²) in [7, 11) is 0. The van der Waals surface area contributed by atoms with E-state index in [1.807, 2.05) is 13.8 Å². The van der Waals surface area contributed by atoms with Gasteiger partial charge < -0.3 is 15.3 Å². The molecule has 0 aromatic heterocycles. The summed E-state index contributed by atoms with van der Waals surface area (Å²) in [6.07, 6.45) is 7.89. The lowest BCUT2D eigenvalue weighted by Crippen LogP contribution is -2.66. The van der Waals surface area contributed by atoms with Gasteiger partial charge in [0.1, 0.15) is 0 Å². The van der Waals surface area contributed by atoms with Gasteiger partial charge in [-0.3, -0.25) is 9.59 Å². The smallest absolute Gasteiger partial charge is 0.309 e. The number of rotatable bonds is 6. The summed E-state index contributed by atoms with van der Waals surface area (Å²) in [5, 5.41) is 31.3. The predicted octanol–water partition coefficient (Wildman–Crippen LogP) is 6.54. The van der Waals surface area contributed by atoms with Gasteiger partial charge in [-0.25, -0.2) is 0 Å². The van der Waals surface area contributed by atoms with E-state index in [0.29, 0.717) is 18.3 Å². The van der Waals surface area contributed by atoms with Crippen LogP contribution in [0.1, 0.15) is 106 Å². The fourth-order valence-electron chi connectivity index (χ4n) is 10.8. The fourth-order valence-corrected chi connectivity index (χ4v) is 10.8. The topological polar surface area (TPSA) is 94.8 Å². The Hall–Kier alpha value is -1.36. The van der Waals surface area contributed by atoms with Crippen LogP contribution < -0.4 is 0 Å². The molecule has 5 heteroatoms. The number of carbonyl (C=O) groups is 2. The molecule has 0 spiro atoms. The molecular weight excluding hydrogens is 440 g/mol. The maximum atomic E-state index is 12.8. The third kappa shape index (κ3) is 3.65. The van der Waals surface area contributed by atoms with E-state index >= 15 is 0 Å². The molecule has 4 saturated carbocycles. The molecule has 4 aliphatic rings. The molecule has 0 radical (unpaired) electrons. The normalized spacial score (nSPS) is 47.3. The van der Waals surface area contributed by atoms with Crippen molar-refractivity contribution in [2.75, 3.05) is 0 Å².